The van der Waals surface area contributed by atoms with Crippen LogP contribution < -0.4 is 5.73 Å². The van der Waals surface area contributed by atoms with E-state index in [4.69, 9.17) is 0 Å². The van der Waals surface area contributed by atoms with Crippen LogP contribution in [0, 0.1) is 6.92 Å². The maximum Gasteiger partial charge on any atom is 0.162 e. The maximum atomic E-state index is 4.64. The van der Waals surface area contributed by atoms with E-state index in [2.05, 4.69) is 61.8 Å². The van der Waals surface area contributed by atoms with Gasteiger partial charge in [-0.1, -0.05) is 56.3 Å². The minimum absolute atomic E-state index is 0.744. The monoisotopic (exact) mass is 464 g/mol. The first-order valence-corrected chi connectivity index (χ1v) is 10.9. The zero-order valence-electron chi connectivity index (χ0n) is 17.1. The number of nitrogens with two attached hydrogens (primary N) is 1. The minimum atomic E-state index is 0.744. The van der Waals surface area contributed by atoms with Crippen molar-refractivity contribution < 1.29 is 0 Å². The molecule has 0 fully saturated rings. The zero-order valence-corrected chi connectivity index (χ0v) is 19.5. The van der Waals surface area contributed by atoms with Gasteiger partial charge in [0.15, 0.2) is 5.65 Å². The highest BCUT2D eigenvalue weighted by Crippen LogP contribution is 2.24. The van der Waals surface area contributed by atoms with Crippen molar-refractivity contribution in [2.24, 2.45) is 5.73 Å². The lowest BCUT2D eigenvalue weighted by Gasteiger charge is -2.09. The van der Waals surface area contributed by atoms with Crippen LogP contribution in [0.1, 0.15) is 54.8 Å². The highest BCUT2D eigenvalue weighted by molar-refractivity contribution is 9.11. The van der Waals surface area contributed by atoms with Crippen molar-refractivity contribution in [3.63, 3.8) is 0 Å². The fraction of sp³-hybridized carbons (Fsp3) is 0.400. The predicted molar refractivity (Wildman–Crippen MR) is 122 cm³/mol. The molecule has 0 atom stereocenters. The molecule has 0 amide bonds. The van der Waals surface area contributed by atoms with E-state index in [1.54, 1.807) is 22.2 Å². The fourth-order valence-corrected chi connectivity index (χ4v) is 3.68. The topological polar surface area (TPSA) is 82.0 Å². The highest BCUT2D eigenvalue weighted by Gasteiger charge is 2.15. The van der Waals surface area contributed by atoms with Gasteiger partial charge in [0.05, 0.1) is 16.9 Å². The summed E-state index contributed by atoms with van der Waals surface area (Å²) in [6.45, 7) is 15.1. The highest BCUT2D eigenvalue weighted by atomic mass is 79.9. The summed E-state index contributed by atoms with van der Waals surface area (Å²) in [4.78, 5) is 14.9. The Morgan fingerprint density at radius 1 is 1.32 bits per heavy atom. The van der Waals surface area contributed by atoms with E-state index in [0.29, 0.717) is 0 Å². The van der Waals surface area contributed by atoms with Crippen molar-refractivity contribution in [1.29, 1.82) is 0 Å². The molecule has 0 saturated heterocycles. The van der Waals surface area contributed by atoms with Crippen LogP contribution in [0.5, 0.6) is 0 Å². The fourth-order valence-electron chi connectivity index (χ4n) is 2.62. The van der Waals surface area contributed by atoms with Crippen molar-refractivity contribution in [3.8, 4) is 0 Å². The normalized spacial score (nSPS) is 9.89. The van der Waals surface area contributed by atoms with Gasteiger partial charge >= 0.3 is 0 Å². The van der Waals surface area contributed by atoms with Crippen molar-refractivity contribution in [1.82, 2.24) is 24.6 Å². The number of aryl methyl sites for hydroxylation is 2. The van der Waals surface area contributed by atoms with Gasteiger partial charge < -0.3 is 5.73 Å². The van der Waals surface area contributed by atoms with Crippen LogP contribution in [0.25, 0.3) is 5.65 Å². The van der Waals surface area contributed by atoms with Crippen molar-refractivity contribution in [3.05, 3.63) is 63.3 Å². The van der Waals surface area contributed by atoms with E-state index in [0.717, 1.165) is 53.0 Å². The summed E-state index contributed by atoms with van der Waals surface area (Å²) in [6, 6.07) is 0. The van der Waals surface area contributed by atoms with Crippen LogP contribution in [-0.4, -0.2) is 24.6 Å². The Kier molecular flexibility index (Phi) is 10.6. The molecule has 152 valence electrons. The summed E-state index contributed by atoms with van der Waals surface area (Å²) >= 11 is 5.09. The second kappa shape index (κ2) is 12.4. The van der Waals surface area contributed by atoms with Gasteiger partial charge in [0.2, 0.25) is 0 Å². The van der Waals surface area contributed by atoms with E-state index in [1.807, 2.05) is 26.3 Å². The molecule has 0 saturated carbocycles. The summed E-state index contributed by atoms with van der Waals surface area (Å²) in [5.74, 6) is 0.773. The van der Waals surface area contributed by atoms with Crippen LogP contribution in [0.15, 0.2) is 35.7 Å². The van der Waals surface area contributed by atoms with Crippen molar-refractivity contribution in [2.45, 2.75) is 53.4 Å². The Hall–Kier alpha value is -2.06. The first-order valence-electron chi connectivity index (χ1n) is 9.27. The van der Waals surface area contributed by atoms with Crippen LogP contribution in [0.3, 0.4) is 0 Å². The average Bonchev–Trinajstić information content (AvgIpc) is 3.25. The maximum absolute atomic E-state index is 4.64. The number of nitrogens with zero attached hydrogens (tertiary/aromatic N) is 5. The number of aromatic nitrogens is 5. The summed E-state index contributed by atoms with van der Waals surface area (Å²) in [5, 5.41) is 4.37. The molecule has 28 heavy (non-hydrogen) atoms. The lowest BCUT2D eigenvalue weighted by atomic mass is 10.1. The van der Waals surface area contributed by atoms with E-state index in [1.165, 1.54) is 16.6 Å². The standard InChI is InChI=1S/C16H18BrN5S.C2H5N.C2H6/c1-4-5-12-13(18-8-22-16(12)20-11(3)21-22)7-15-14(6-10(2)17)19-9-23-15;1-2-3;1-2/h8-9H,2,4-7H2,1,3H3;2H,1,3H2;1-2H3. The quantitative estimate of drug-likeness (QED) is 0.554. The Morgan fingerprint density at radius 2 is 2.00 bits per heavy atom. The van der Waals surface area contributed by atoms with E-state index in [9.17, 15) is 0 Å². The summed E-state index contributed by atoms with van der Waals surface area (Å²) < 4.78 is 2.72. The third kappa shape index (κ3) is 6.53. The van der Waals surface area contributed by atoms with Gasteiger partial charge in [-0.15, -0.1) is 11.3 Å². The van der Waals surface area contributed by atoms with Gasteiger partial charge in [-0.25, -0.2) is 19.5 Å². The molecule has 0 aromatic carbocycles. The van der Waals surface area contributed by atoms with Crippen LogP contribution in [0.2, 0.25) is 0 Å². The average molecular weight is 465 g/mol. The Labute approximate surface area is 179 Å². The van der Waals surface area contributed by atoms with E-state index >= 15 is 0 Å². The number of halogens is 1. The third-order valence-corrected chi connectivity index (χ3v) is 4.75. The largest absolute Gasteiger partial charge is 0.405 e. The Bertz CT molecular complexity index is 899. The van der Waals surface area contributed by atoms with E-state index in [-0.39, 0.29) is 0 Å². The number of hydrogen-bond acceptors (Lipinski definition) is 6. The molecule has 8 heteroatoms. The van der Waals surface area contributed by atoms with Gasteiger partial charge in [-0.3, -0.25) is 0 Å². The van der Waals surface area contributed by atoms with Crippen molar-refractivity contribution in [2.75, 3.05) is 0 Å². The van der Waals surface area contributed by atoms with Crippen LogP contribution in [0.4, 0.5) is 0 Å². The van der Waals surface area contributed by atoms with Crippen molar-refractivity contribution >= 4 is 32.9 Å². The summed E-state index contributed by atoms with van der Waals surface area (Å²) in [7, 11) is 0. The number of hydrogen-bond donors (Lipinski definition) is 1. The molecule has 0 bridgehead atoms. The molecule has 0 spiro atoms. The second-order valence-corrected chi connectivity index (χ2v) is 7.74. The zero-order chi connectivity index (χ0) is 21.1. The van der Waals surface area contributed by atoms with Gasteiger partial charge in [-0.05, 0) is 24.0 Å². The Balaban J connectivity index is 0.000000717. The minimum Gasteiger partial charge on any atom is -0.405 e. The molecule has 0 aliphatic rings. The molecule has 3 aromatic heterocycles. The molecule has 0 radical (unpaired) electrons. The lowest BCUT2D eigenvalue weighted by Crippen LogP contribution is -2.05. The van der Waals surface area contributed by atoms with Gasteiger partial charge in [0.1, 0.15) is 12.2 Å². The predicted octanol–water partition coefficient (Wildman–Crippen LogP) is 5.00. The molecule has 0 aliphatic carbocycles. The van der Waals surface area contributed by atoms with E-state index < -0.39 is 0 Å². The molecule has 3 aromatic rings. The number of allylic oxidation sites excluding steroid dienone is 1. The molecule has 2 N–H and O–H groups in total. The number of thiazole rings is 1. The van der Waals surface area contributed by atoms with Gasteiger partial charge in [0.25, 0.3) is 0 Å². The molecule has 6 nitrogen and oxygen atoms in total. The number of rotatable bonds is 6. The SMILES string of the molecule is C=C(Br)Cc1ncsc1Cc1ncn2nc(C)nc2c1CCC.C=CN.CC. The summed E-state index contributed by atoms with van der Waals surface area (Å²) in [5.41, 5.74) is 10.7. The molecule has 3 heterocycles. The van der Waals surface area contributed by atoms with Gasteiger partial charge in [0, 0.05) is 23.3 Å². The number of fused-ring (bicyclic) bond motifs is 1. The summed E-state index contributed by atoms with van der Waals surface area (Å²) in [6.07, 6.45) is 6.53. The smallest absolute Gasteiger partial charge is 0.162 e. The molecular formula is C20H29BrN6S. The van der Waals surface area contributed by atoms with Gasteiger partial charge in [-0.2, -0.15) is 5.10 Å². The first kappa shape index (κ1) is 24.0. The first-order chi connectivity index (χ1) is 13.5. The molecule has 3 rings (SSSR count). The second-order valence-electron chi connectivity index (χ2n) is 5.68. The molecule has 0 unspecified atom stereocenters. The third-order valence-electron chi connectivity index (χ3n) is 3.59. The Morgan fingerprint density at radius 3 is 2.61 bits per heavy atom. The van der Waals surface area contributed by atoms with Crippen LogP contribution in [-0.2, 0) is 19.3 Å². The molecular weight excluding hydrogens is 436 g/mol. The lowest BCUT2D eigenvalue weighted by molar-refractivity contribution is 0.832. The van der Waals surface area contributed by atoms with Crippen LogP contribution >= 0.6 is 27.3 Å². The molecule has 0 aliphatic heterocycles.